The van der Waals surface area contributed by atoms with Gasteiger partial charge in [0.1, 0.15) is 5.65 Å². The van der Waals surface area contributed by atoms with E-state index < -0.39 is 0 Å². The van der Waals surface area contributed by atoms with Gasteiger partial charge in [0.05, 0.1) is 18.4 Å². The first-order valence-corrected chi connectivity index (χ1v) is 9.13. The van der Waals surface area contributed by atoms with Crippen LogP contribution in [0.25, 0.3) is 5.65 Å². The number of nitrogens with zero attached hydrogens (tertiary/aromatic N) is 3. The average Bonchev–Trinajstić information content (AvgIpc) is 3.03. The second-order valence-electron chi connectivity index (χ2n) is 5.50. The first kappa shape index (κ1) is 16.6. The molecule has 24 heavy (non-hydrogen) atoms. The second-order valence-corrected chi connectivity index (χ2v) is 6.67. The molecule has 4 nitrogen and oxygen atoms in total. The van der Waals surface area contributed by atoms with Gasteiger partial charge in [0.15, 0.2) is 0 Å². The Morgan fingerprint density at radius 3 is 2.75 bits per heavy atom. The molecule has 0 spiro atoms. The number of fused-ring (bicyclic) bond motifs is 1. The molecule has 0 aliphatic heterocycles. The molecule has 0 aliphatic rings. The van der Waals surface area contributed by atoms with Crippen LogP contribution in [0.1, 0.15) is 19.0 Å². The smallest absolute Gasteiger partial charge is 0.223 e. The van der Waals surface area contributed by atoms with E-state index in [2.05, 4.69) is 17.1 Å². The van der Waals surface area contributed by atoms with E-state index in [1.165, 1.54) is 4.90 Å². The van der Waals surface area contributed by atoms with Crippen LogP contribution in [-0.2, 0) is 11.3 Å². The van der Waals surface area contributed by atoms with Gasteiger partial charge in [-0.25, -0.2) is 4.98 Å². The van der Waals surface area contributed by atoms with Crippen LogP contribution in [0.3, 0.4) is 0 Å². The highest BCUT2D eigenvalue weighted by molar-refractivity contribution is 7.99. The zero-order valence-corrected chi connectivity index (χ0v) is 14.6. The van der Waals surface area contributed by atoms with Gasteiger partial charge in [0, 0.05) is 29.8 Å². The SMILES string of the molecule is CCN(Cc1cnc2ccccn12)C(=O)CCSc1ccccc1. The predicted octanol–water partition coefficient (Wildman–Crippen LogP) is 3.87. The molecule has 3 aromatic rings. The Hall–Kier alpha value is -2.27. The molecule has 1 aromatic carbocycles. The Morgan fingerprint density at radius 1 is 1.17 bits per heavy atom. The summed E-state index contributed by atoms with van der Waals surface area (Å²) >= 11 is 1.72. The number of aromatic nitrogens is 2. The van der Waals surface area contributed by atoms with Crippen molar-refractivity contribution in [2.75, 3.05) is 12.3 Å². The summed E-state index contributed by atoms with van der Waals surface area (Å²) in [6.07, 6.45) is 4.38. The largest absolute Gasteiger partial charge is 0.337 e. The quantitative estimate of drug-likeness (QED) is 0.613. The van der Waals surface area contributed by atoms with Gasteiger partial charge in [-0.15, -0.1) is 11.8 Å². The molecule has 0 fully saturated rings. The number of hydrogen-bond donors (Lipinski definition) is 0. The van der Waals surface area contributed by atoms with Crippen LogP contribution in [0.5, 0.6) is 0 Å². The number of pyridine rings is 1. The van der Waals surface area contributed by atoms with Crippen LogP contribution in [0, 0.1) is 0 Å². The minimum atomic E-state index is 0.187. The summed E-state index contributed by atoms with van der Waals surface area (Å²) in [7, 11) is 0. The van der Waals surface area contributed by atoms with Crippen molar-refractivity contribution in [2.45, 2.75) is 24.8 Å². The first-order chi connectivity index (χ1) is 11.8. The van der Waals surface area contributed by atoms with E-state index in [4.69, 9.17) is 0 Å². The first-order valence-electron chi connectivity index (χ1n) is 8.14. The topological polar surface area (TPSA) is 37.6 Å². The molecule has 0 saturated carbocycles. The van der Waals surface area contributed by atoms with Gasteiger partial charge in [-0.2, -0.15) is 0 Å². The maximum absolute atomic E-state index is 12.5. The summed E-state index contributed by atoms with van der Waals surface area (Å²) in [5.41, 5.74) is 1.95. The molecule has 2 aromatic heterocycles. The molecule has 0 unspecified atom stereocenters. The highest BCUT2D eigenvalue weighted by atomic mass is 32.2. The molecule has 2 heterocycles. The highest BCUT2D eigenvalue weighted by Crippen LogP contribution is 2.18. The number of carbonyl (C=O) groups excluding carboxylic acids is 1. The Morgan fingerprint density at radius 2 is 1.96 bits per heavy atom. The molecular formula is C19H21N3OS. The van der Waals surface area contributed by atoms with E-state index in [1.807, 2.05) is 65.0 Å². The number of benzene rings is 1. The number of hydrogen-bond acceptors (Lipinski definition) is 3. The van der Waals surface area contributed by atoms with E-state index in [9.17, 15) is 4.79 Å². The summed E-state index contributed by atoms with van der Waals surface area (Å²) in [5, 5.41) is 0. The van der Waals surface area contributed by atoms with Gasteiger partial charge >= 0.3 is 0 Å². The van der Waals surface area contributed by atoms with Gasteiger partial charge in [-0.1, -0.05) is 24.3 Å². The second kappa shape index (κ2) is 8.02. The average molecular weight is 339 g/mol. The summed E-state index contributed by atoms with van der Waals surface area (Å²) in [6.45, 7) is 3.32. The maximum Gasteiger partial charge on any atom is 0.223 e. The number of rotatable bonds is 7. The fourth-order valence-electron chi connectivity index (χ4n) is 2.60. The van der Waals surface area contributed by atoms with E-state index in [1.54, 1.807) is 11.8 Å². The van der Waals surface area contributed by atoms with Crippen molar-refractivity contribution in [3.05, 3.63) is 66.6 Å². The van der Waals surface area contributed by atoms with Crippen molar-refractivity contribution in [3.8, 4) is 0 Å². The van der Waals surface area contributed by atoms with Gasteiger partial charge in [0.2, 0.25) is 5.91 Å². The van der Waals surface area contributed by atoms with Gasteiger partial charge in [0.25, 0.3) is 0 Å². The third-order valence-corrected chi connectivity index (χ3v) is 4.92. The lowest BCUT2D eigenvalue weighted by atomic mass is 10.3. The van der Waals surface area contributed by atoms with Crippen molar-refractivity contribution >= 4 is 23.3 Å². The van der Waals surface area contributed by atoms with Crippen molar-refractivity contribution in [1.82, 2.24) is 14.3 Å². The summed E-state index contributed by atoms with van der Waals surface area (Å²) in [5.74, 6) is 0.985. The van der Waals surface area contributed by atoms with Crippen LogP contribution in [-0.4, -0.2) is 32.5 Å². The zero-order valence-electron chi connectivity index (χ0n) is 13.8. The standard InChI is InChI=1S/C19H21N3OS/c1-2-21(15-16-14-20-18-10-6-7-12-22(16)18)19(23)11-13-24-17-8-4-3-5-9-17/h3-10,12,14H,2,11,13,15H2,1H3. The van der Waals surface area contributed by atoms with Crippen LogP contribution >= 0.6 is 11.8 Å². The van der Waals surface area contributed by atoms with Gasteiger partial charge in [-0.05, 0) is 31.2 Å². The van der Waals surface area contributed by atoms with Crippen LogP contribution in [0.15, 0.2) is 65.8 Å². The van der Waals surface area contributed by atoms with Crippen LogP contribution < -0.4 is 0 Å². The molecule has 124 valence electrons. The minimum absolute atomic E-state index is 0.187. The zero-order chi connectivity index (χ0) is 16.8. The summed E-state index contributed by atoms with van der Waals surface area (Å²) in [6, 6.07) is 16.1. The lowest BCUT2D eigenvalue weighted by Crippen LogP contribution is -2.31. The predicted molar refractivity (Wildman–Crippen MR) is 98.1 cm³/mol. The Labute approximate surface area is 146 Å². The molecule has 0 radical (unpaired) electrons. The number of carbonyl (C=O) groups is 1. The molecule has 0 N–H and O–H groups in total. The molecule has 5 heteroatoms. The molecule has 0 atom stereocenters. The monoisotopic (exact) mass is 339 g/mol. The summed E-state index contributed by atoms with van der Waals surface area (Å²) < 4.78 is 2.04. The van der Waals surface area contributed by atoms with Gasteiger partial charge < -0.3 is 9.30 Å². The van der Waals surface area contributed by atoms with Crippen LogP contribution in [0.4, 0.5) is 0 Å². The summed E-state index contributed by atoms with van der Waals surface area (Å²) in [4.78, 5) is 20.0. The van der Waals surface area contributed by atoms with E-state index >= 15 is 0 Å². The number of amides is 1. The Balaban J connectivity index is 1.58. The van der Waals surface area contributed by atoms with Crippen LogP contribution in [0.2, 0.25) is 0 Å². The Kier molecular flexibility index (Phi) is 5.54. The van der Waals surface area contributed by atoms with E-state index in [0.717, 1.165) is 17.1 Å². The normalized spacial score (nSPS) is 10.9. The third-order valence-electron chi connectivity index (χ3n) is 3.91. The fourth-order valence-corrected chi connectivity index (χ4v) is 3.47. The molecule has 3 rings (SSSR count). The lowest BCUT2D eigenvalue weighted by molar-refractivity contribution is -0.131. The third kappa shape index (κ3) is 3.97. The highest BCUT2D eigenvalue weighted by Gasteiger charge is 2.14. The molecular weight excluding hydrogens is 318 g/mol. The number of thioether (sulfide) groups is 1. The van der Waals surface area contributed by atoms with Crippen molar-refractivity contribution in [2.24, 2.45) is 0 Å². The minimum Gasteiger partial charge on any atom is -0.337 e. The molecule has 1 amide bonds. The van der Waals surface area contributed by atoms with Crippen molar-refractivity contribution in [3.63, 3.8) is 0 Å². The number of imidazole rings is 1. The van der Waals surface area contributed by atoms with Crippen molar-refractivity contribution in [1.29, 1.82) is 0 Å². The van der Waals surface area contributed by atoms with Gasteiger partial charge in [-0.3, -0.25) is 4.79 Å². The molecule has 0 saturated heterocycles. The molecule has 0 aliphatic carbocycles. The maximum atomic E-state index is 12.5. The fraction of sp³-hybridized carbons (Fsp3) is 0.263. The Bertz CT molecular complexity index is 800. The molecule has 0 bridgehead atoms. The van der Waals surface area contributed by atoms with E-state index in [-0.39, 0.29) is 5.91 Å². The van der Waals surface area contributed by atoms with Crippen molar-refractivity contribution < 1.29 is 4.79 Å². The van der Waals surface area contributed by atoms with E-state index in [0.29, 0.717) is 19.5 Å². The lowest BCUT2D eigenvalue weighted by Gasteiger charge is -2.20.